The first-order chi connectivity index (χ1) is 38.9. The minimum absolute atomic E-state index is 0.0618. The number of carbonyl (C=O) groups is 3. The second-order valence-electron chi connectivity index (χ2n) is 22.9. The molecule has 440 valence electrons. The summed E-state index contributed by atoms with van der Waals surface area (Å²) in [7, 11) is 0. The van der Waals surface area contributed by atoms with E-state index in [-0.39, 0.29) is 23.6 Å². The number of amides is 3. The third kappa shape index (κ3) is 37.0. The molecule has 0 spiro atoms. The van der Waals surface area contributed by atoms with Gasteiger partial charge < -0.3 is 16.0 Å². The maximum Gasteiger partial charge on any atom is 0.224 e. The van der Waals surface area contributed by atoms with Crippen molar-refractivity contribution >= 4 is 34.8 Å². The van der Waals surface area contributed by atoms with Gasteiger partial charge in [0.25, 0.3) is 0 Å². The molecule has 0 saturated carbocycles. The first-order valence-corrected chi connectivity index (χ1v) is 33.1. The van der Waals surface area contributed by atoms with Gasteiger partial charge in [-0.3, -0.25) is 14.4 Å². The molecular formula is C73H115N3O3. The Labute approximate surface area is 485 Å². The number of rotatable bonds is 51. The van der Waals surface area contributed by atoms with Gasteiger partial charge >= 0.3 is 0 Å². The van der Waals surface area contributed by atoms with E-state index >= 15 is 0 Å². The lowest BCUT2D eigenvalue weighted by atomic mass is 9.85. The molecule has 6 heteroatoms. The topological polar surface area (TPSA) is 87.3 Å². The van der Waals surface area contributed by atoms with Gasteiger partial charge in [0.2, 0.25) is 17.7 Å². The predicted octanol–water partition coefficient (Wildman–Crippen LogP) is 22.8. The molecule has 6 nitrogen and oxygen atoms in total. The van der Waals surface area contributed by atoms with Crippen molar-refractivity contribution in [3.05, 3.63) is 126 Å². The summed E-state index contributed by atoms with van der Waals surface area (Å²) in [6.45, 7) is 6.82. The van der Waals surface area contributed by atoms with Gasteiger partial charge in [-0.05, 0) is 149 Å². The third-order valence-electron chi connectivity index (χ3n) is 15.6. The Bertz CT molecular complexity index is 1780. The van der Waals surface area contributed by atoms with E-state index in [2.05, 4.69) is 110 Å². The number of allylic oxidation sites excluding steroid dienone is 6. The largest absolute Gasteiger partial charge is 0.326 e. The van der Waals surface area contributed by atoms with Crippen LogP contribution in [0.2, 0.25) is 0 Å². The number of unbranched alkanes of at least 4 members (excludes halogenated alkanes) is 33. The Kier molecular flexibility index (Phi) is 42.6. The van der Waals surface area contributed by atoms with Gasteiger partial charge in [0.15, 0.2) is 0 Å². The van der Waals surface area contributed by atoms with E-state index in [1.807, 2.05) is 36.4 Å². The van der Waals surface area contributed by atoms with E-state index in [1.54, 1.807) is 0 Å². The van der Waals surface area contributed by atoms with Crippen LogP contribution >= 0.6 is 0 Å². The second-order valence-corrected chi connectivity index (χ2v) is 22.9. The van der Waals surface area contributed by atoms with E-state index in [9.17, 15) is 14.4 Å². The van der Waals surface area contributed by atoms with Crippen LogP contribution < -0.4 is 16.0 Å². The molecular weight excluding hydrogens is 967 g/mol. The molecule has 0 heterocycles. The summed E-state index contributed by atoms with van der Waals surface area (Å²) in [6, 6.07) is 24.7. The quantitative estimate of drug-likeness (QED) is 0.0299. The minimum atomic E-state index is -0.0957. The van der Waals surface area contributed by atoms with Gasteiger partial charge in [0.1, 0.15) is 0 Å². The van der Waals surface area contributed by atoms with E-state index in [0.717, 1.165) is 91.5 Å². The summed E-state index contributed by atoms with van der Waals surface area (Å²) in [5.74, 6) is 0.0896. The molecule has 3 amide bonds. The zero-order chi connectivity index (χ0) is 56.3. The maximum absolute atomic E-state index is 13.0. The van der Waals surface area contributed by atoms with E-state index < -0.39 is 0 Å². The molecule has 3 aromatic carbocycles. The molecule has 0 saturated heterocycles. The molecule has 0 bridgehead atoms. The number of benzene rings is 3. The fourth-order valence-electron chi connectivity index (χ4n) is 10.6. The van der Waals surface area contributed by atoms with Crippen LogP contribution in [0, 0.1) is 0 Å². The van der Waals surface area contributed by atoms with Crippen molar-refractivity contribution in [2.45, 2.75) is 296 Å². The van der Waals surface area contributed by atoms with Crippen molar-refractivity contribution < 1.29 is 14.4 Å². The van der Waals surface area contributed by atoms with E-state index in [0.29, 0.717) is 19.3 Å². The average Bonchev–Trinajstić information content (AvgIpc) is 3.49. The molecule has 0 fully saturated rings. The Morgan fingerprint density at radius 3 is 0.684 bits per heavy atom. The lowest BCUT2D eigenvalue weighted by Crippen LogP contribution is -2.12. The fourth-order valence-corrected chi connectivity index (χ4v) is 10.6. The predicted molar refractivity (Wildman–Crippen MR) is 345 cm³/mol. The van der Waals surface area contributed by atoms with Crippen LogP contribution in [0.15, 0.2) is 109 Å². The summed E-state index contributed by atoms with van der Waals surface area (Å²) in [5.41, 5.74) is 5.68. The normalized spacial score (nSPS) is 11.7. The first-order valence-electron chi connectivity index (χ1n) is 33.1. The Morgan fingerprint density at radius 1 is 0.278 bits per heavy atom. The molecule has 0 aliphatic heterocycles. The van der Waals surface area contributed by atoms with Gasteiger partial charge in [-0.25, -0.2) is 0 Å². The lowest BCUT2D eigenvalue weighted by molar-refractivity contribution is -0.117. The van der Waals surface area contributed by atoms with Crippen molar-refractivity contribution in [3.8, 4) is 0 Å². The molecule has 0 atom stereocenters. The van der Waals surface area contributed by atoms with Crippen LogP contribution in [0.3, 0.4) is 0 Å². The van der Waals surface area contributed by atoms with Crippen molar-refractivity contribution in [2.24, 2.45) is 0 Å². The highest BCUT2D eigenvalue weighted by molar-refractivity contribution is 5.92. The van der Waals surface area contributed by atoms with E-state index in [4.69, 9.17) is 0 Å². The molecule has 0 unspecified atom stereocenters. The molecule has 3 N–H and O–H groups in total. The van der Waals surface area contributed by atoms with Crippen LogP contribution in [0.5, 0.6) is 0 Å². The van der Waals surface area contributed by atoms with Crippen LogP contribution in [-0.4, -0.2) is 17.7 Å². The zero-order valence-corrected chi connectivity index (χ0v) is 50.9. The van der Waals surface area contributed by atoms with E-state index in [1.165, 1.54) is 193 Å². The van der Waals surface area contributed by atoms with Crippen molar-refractivity contribution in [1.82, 2.24) is 0 Å². The summed E-state index contributed by atoms with van der Waals surface area (Å²) < 4.78 is 0. The number of nitrogens with one attached hydrogen (secondary N) is 3. The van der Waals surface area contributed by atoms with Crippen molar-refractivity contribution in [3.63, 3.8) is 0 Å². The monoisotopic (exact) mass is 1080 g/mol. The smallest absolute Gasteiger partial charge is 0.224 e. The lowest BCUT2D eigenvalue weighted by Gasteiger charge is -2.20. The second kappa shape index (κ2) is 49.1. The highest BCUT2D eigenvalue weighted by Gasteiger charge is 2.18. The number of hydrogen-bond donors (Lipinski definition) is 3. The number of anilines is 3. The summed E-state index contributed by atoms with van der Waals surface area (Å²) in [4.78, 5) is 39.0. The summed E-state index contributed by atoms with van der Waals surface area (Å²) >= 11 is 0. The van der Waals surface area contributed by atoms with Gasteiger partial charge in [0, 0.05) is 42.2 Å². The Hall–Kier alpha value is -4.71. The molecule has 0 aliphatic rings. The molecule has 0 aromatic heterocycles. The minimum Gasteiger partial charge on any atom is -0.326 e. The summed E-state index contributed by atoms with van der Waals surface area (Å²) in [5, 5.41) is 9.42. The third-order valence-corrected chi connectivity index (χ3v) is 15.6. The van der Waals surface area contributed by atoms with Gasteiger partial charge in [-0.15, -0.1) is 0 Å². The fraction of sp³-hybridized carbons (Fsp3) is 0.630. The Balaban J connectivity index is 1.47. The zero-order valence-electron chi connectivity index (χ0n) is 50.9. The van der Waals surface area contributed by atoms with Gasteiger partial charge in [-0.1, -0.05) is 248 Å². The maximum atomic E-state index is 13.0. The summed E-state index contributed by atoms with van der Waals surface area (Å²) in [6.07, 6.45) is 64.1. The van der Waals surface area contributed by atoms with Crippen LogP contribution in [0.25, 0.3) is 0 Å². The molecule has 0 radical (unpaired) electrons. The van der Waals surface area contributed by atoms with Crippen molar-refractivity contribution in [1.29, 1.82) is 0 Å². The highest BCUT2D eigenvalue weighted by atomic mass is 16.2. The average molecular weight is 1080 g/mol. The standard InChI is InChI=1S/C73H115N3O3/c1-4-7-10-13-16-19-22-25-28-31-34-37-40-43-46-49-70(77)74-67-58-52-64(53-59-67)73(65-54-60-68(61-55-65)75-71(78)50-47-44-41-38-35-32-29-26-23-20-17-14-11-8-5-2)66-56-62-69(63-57-66)76-72(79)51-48-45-42-39-36-33-30-27-24-21-18-15-12-9-6-3/h25-30,52-63,73H,4-24,31-51H2,1-3H3,(H,74,77)(H,75,78)(H,76,79)/b28-25-,29-26-,30-27-. The SMILES string of the molecule is CCCCCCCC/C=C\CCCCCCCC(=O)Nc1ccc(C(c2ccc(NC(=O)CCCCCCC/C=C\CCCCCCCC)cc2)c2ccc(NC(=O)CCCCCCC/C=C\CCCCCCCC)cc2)cc1. The highest BCUT2D eigenvalue weighted by Crippen LogP contribution is 2.34. The molecule has 3 aromatic rings. The first kappa shape index (κ1) is 68.6. The molecule has 0 aliphatic carbocycles. The van der Waals surface area contributed by atoms with Crippen molar-refractivity contribution in [2.75, 3.05) is 16.0 Å². The van der Waals surface area contributed by atoms with Crippen LogP contribution in [0.4, 0.5) is 17.1 Å². The van der Waals surface area contributed by atoms with Crippen LogP contribution in [0.1, 0.15) is 313 Å². The molecule has 79 heavy (non-hydrogen) atoms. The molecule has 3 rings (SSSR count). The number of hydrogen-bond acceptors (Lipinski definition) is 3. The number of carbonyl (C=O) groups excluding carboxylic acids is 3. The Morgan fingerprint density at radius 2 is 0.468 bits per heavy atom. The van der Waals surface area contributed by atoms with Crippen LogP contribution in [-0.2, 0) is 14.4 Å². The van der Waals surface area contributed by atoms with Gasteiger partial charge in [-0.2, -0.15) is 0 Å². The van der Waals surface area contributed by atoms with Gasteiger partial charge in [0.05, 0.1) is 0 Å².